The van der Waals surface area contributed by atoms with E-state index >= 15 is 0 Å². The van der Waals surface area contributed by atoms with Crippen molar-refractivity contribution in [3.8, 4) is 0 Å². The van der Waals surface area contributed by atoms with Gasteiger partial charge in [0.05, 0.1) is 6.33 Å². The minimum Gasteiger partial charge on any atom is -0.481 e. The summed E-state index contributed by atoms with van der Waals surface area (Å²) in [5.74, 6) is -10.0. The summed E-state index contributed by atoms with van der Waals surface area (Å²) in [7, 11) is 0. The van der Waals surface area contributed by atoms with E-state index in [2.05, 4.69) is 87.7 Å². The highest BCUT2D eigenvalue weighted by molar-refractivity contribution is 7.80. The van der Waals surface area contributed by atoms with Crippen LogP contribution in [0.3, 0.4) is 0 Å². The Kier molecular flexibility index (Phi) is 25.2. The first-order chi connectivity index (χ1) is 39.6. The number of fused-ring (bicyclic) bond motifs is 1. The van der Waals surface area contributed by atoms with E-state index in [1.165, 1.54) is 19.4 Å². The van der Waals surface area contributed by atoms with Gasteiger partial charge in [0.2, 0.25) is 47.3 Å². The van der Waals surface area contributed by atoms with Gasteiger partial charge in [-0.1, -0.05) is 68.3 Å². The first kappa shape index (κ1) is 65.1. The molecule has 3 heterocycles. The fraction of sp³-hybridized carbons (Fsp3) is 0.453. The highest BCUT2D eigenvalue weighted by atomic mass is 32.1. The minimum atomic E-state index is -1.67. The summed E-state index contributed by atoms with van der Waals surface area (Å²) in [6, 6.07) is 2.46. The number of imide groups is 1. The van der Waals surface area contributed by atoms with Gasteiger partial charge in [0.1, 0.15) is 54.4 Å². The Balaban J connectivity index is 1.42. The number of hydrogen-bond donors (Lipinski definition) is 16. The molecule has 5 rings (SSSR count). The first-order valence-electron chi connectivity index (χ1n) is 26.7. The van der Waals surface area contributed by atoms with Gasteiger partial charge in [-0.05, 0) is 49.8 Å². The zero-order chi connectivity index (χ0) is 60.8. The summed E-state index contributed by atoms with van der Waals surface area (Å²) in [4.78, 5) is 165. The molecular formula is C53H72N16O12S2. The molecule has 9 atom stereocenters. The third-order valence-corrected chi connectivity index (χ3v) is 14.1. The Morgan fingerprint density at radius 2 is 1.20 bits per heavy atom. The zero-order valence-electron chi connectivity index (χ0n) is 45.7. The number of amides is 11. The Bertz CT molecular complexity index is 2960. The lowest BCUT2D eigenvalue weighted by molar-refractivity contribution is -0.139. The van der Waals surface area contributed by atoms with Crippen LogP contribution in [-0.4, -0.2) is 169 Å². The number of guanidine groups is 1. The van der Waals surface area contributed by atoms with Crippen LogP contribution < -0.4 is 59.7 Å². The SMILES string of the molecule is CCCC[C@@H](C(=O)N[C@H](CS)C(=O)N[C@@H](CCC(=O)O)C(=O)N[C@H](Cc1cnc[nH]1)C(=O)N[C@H](Cc1ccccc1)C(=O)N[C@H](CCCN=C(N)N)C(=O)N[C@@H](Cc1c[nH]c2ccccc12)C(=O)N[C@H](CS)C(N)=O)N1C(=O)N[C@@H](C)C1=O. The van der Waals surface area contributed by atoms with E-state index < -0.39 is 132 Å². The maximum absolute atomic E-state index is 14.7. The van der Waals surface area contributed by atoms with Gasteiger partial charge in [-0.3, -0.25) is 52.9 Å². The van der Waals surface area contributed by atoms with Crippen molar-refractivity contribution in [2.75, 3.05) is 18.1 Å². The Morgan fingerprint density at radius 1 is 0.663 bits per heavy atom. The quantitative estimate of drug-likeness (QED) is 0.00797. The fourth-order valence-electron chi connectivity index (χ4n) is 8.92. The summed E-state index contributed by atoms with van der Waals surface area (Å²) >= 11 is 8.38. The Hall–Kier alpha value is -8.67. The van der Waals surface area contributed by atoms with Gasteiger partial charge in [-0.15, -0.1) is 0 Å². The second-order valence-electron chi connectivity index (χ2n) is 19.6. The van der Waals surface area contributed by atoms with Crippen LogP contribution in [0.25, 0.3) is 10.9 Å². The predicted molar refractivity (Wildman–Crippen MR) is 310 cm³/mol. The number of thiol groups is 2. The summed E-state index contributed by atoms with van der Waals surface area (Å²) in [5.41, 5.74) is 18.9. The maximum atomic E-state index is 14.7. The molecule has 0 bridgehead atoms. The molecule has 1 aliphatic rings. The van der Waals surface area contributed by atoms with E-state index in [9.17, 15) is 57.8 Å². The monoisotopic (exact) mass is 1190 g/mol. The van der Waals surface area contributed by atoms with Crippen LogP contribution >= 0.6 is 25.3 Å². The van der Waals surface area contributed by atoms with E-state index in [1.807, 2.05) is 25.1 Å². The lowest BCUT2D eigenvalue weighted by Crippen LogP contribution is -2.61. The molecule has 448 valence electrons. The molecule has 17 N–H and O–H groups in total. The molecular weight excluding hydrogens is 1120 g/mol. The smallest absolute Gasteiger partial charge is 0.325 e. The molecule has 83 heavy (non-hydrogen) atoms. The maximum Gasteiger partial charge on any atom is 0.325 e. The summed E-state index contributed by atoms with van der Waals surface area (Å²) in [6.45, 7) is 3.31. The highest BCUT2D eigenvalue weighted by Crippen LogP contribution is 2.21. The number of aromatic nitrogens is 3. The van der Waals surface area contributed by atoms with Crippen LogP contribution in [0.15, 0.2) is 78.3 Å². The largest absolute Gasteiger partial charge is 0.481 e. The van der Waals surface area contributed by atoms with Gasteiger partial charge in [0.15, 0.2) is 5.96 Å². The minimum absolute atomic E-state index is 0.0143. The number of hydrogen-bond acceptors (Lipinski definition) is 15. The molecule has 1 fully saturated rings. The van der Waals surface area contributed by atoms with E-state index in [-0.39, 0.29) is 62.5 Å². The van der Waals surface area contributed by atoms with Crippen molar-refractivity contribution in [1.29, 1.82) is 0 Å². The van der Waals surface area contributed by atoms with E-state index in [1.54, 1.807) is 42.6 Å². The van der Waals surface area contributed by atoms with Gasteiger partial charge >= 0.3 is 12.0 Å². The highest BCUT2D eigenvalue weighted by Gasteiger charge is 2.43. The molecule has 0 aliphatic carbocycles. The standard InChI is InChI=1S/C53H72N16O12S2/c1-3-4-16-41(69-51(80)28(2)61-53(69)81)50(79)68-40(26-83)49(78)63-35(17-18-42(70)71)45(74)66-38(22-31-24-57-27-60-31)48(77)64-36(20-29-11-6-5-7-12-29)46(75)62-34(15-10-19-58-52(55)56)44(73)65-37(47(76)67-39(25-82)43(54)72)21-30-23-59-33-14-9-8-13-32(30)33/h5-9,11-14,23-24,27-28,34-41,59,82-83H,3-4,10,15-22,25-26H2,1-2H3,(H2,54,72)(H,57,60)(H,61,81)(H,62,75)(H,63,78)(H,64,77)(H,65,73)(H,66,74)(H,67,76)(H,68,79)(H,70,71)(H4,55,56,58)/t28-,34+,35-,36+,37-,38+,39+,40+,41-/m0/s1. The average Bonchev–Trinajstić information content (AvgIpc) is 4.43. The van der Waals surface area contributed by atoms with E-state index in [0.717, 1.165) is 15.8 Å². The van der Waals surface area contributed by atoms with Crippen molar-refractivity contribution in [2.45, 2.75) is 132 Å². The number of H-pyrrole nitrogens is 2. The number of urea groups is 1. The number of carboxylic acids is 1. The normalized spacial score (nSPS) is 15.9. The molecule has 1 saturated heterocycles. The number of nitrogens with one attached hydrogen (secondary N) is 10. The summed E-state index contributed by atoms with van der Waals surface area (Å²) in [5, 5.41) is 31.1. The molecule has 4 aromatic rings. The van der Waals surface area contributed by atoms with Crippen molar-refractivity contribution < 1.29 is 57.8 Å². The number of para-hydroxylation sites is 1. The number of primary amides is 1. The van der Waals surface area contributed by atoms with Crippen LogP contribution in [0.4, 0.5) is 4.79 Å². The van der Waals surface area contributed by atoms with Crippen molar-refractivity contribution >= 4 is 107 Å². The number of aliphatic carboxylic acids is 1. The van der Waals surface area contributed by atoms with Crippen molar-refractivity contribution in [2.24, 2.45) is 22.2 Å². The molecule has 0 unspecified atom stereocenters. The van der Waals surface area contributed by atoms with Gasteiger partial charge in [-0.2, -0.15) is 25.3 Å². The Labute approximate surface area is 488 Å². The average molecular weight is 1190 g/mol. The van der Waals surface area contributed by atoms with Gasteiger partial charge in [0.25, 0.3) is 5.91 Å². The van der Waals surface area contributed by atoms with Crippen LogP contribution in [-0.2, 0) is 67.2 Å². The van der Waals surface area contributed by atoms with Crippen LogP contribution in [0.1, 0.15) is 75.6 Å². The zero-order valence-corrected chi connectivity index (χ0v) is 47.5. The number of nitrogens with zero attached hydrogens (tertiary/aromatic N) is 3. The van der Waals surface area contributed by atoms with Crippen LogP contribution in [0.5, 0.6) is 0 Å². The summed E-state index contributed by atoms with van der Waals surface area (Å²) in [6.07, 6.45) is 3.67. The number of rotatable bonds is 34. The summed E-state index contributed by atoms with van der Waals surface area (Å²) < 4.78 is 0. The Morgan fingerprint density at radius 3 is 1.76 bits per heavy atom. The first-order valence-corrected chi connectivity index (χ1v) is 28.0. The van der Waals surface area contributed by atoms with Crippen molar-refractivity contribution in [1.82, 2.24) is 62.4 Å². The number of nitrogens with two attached hydrogens (primary N) is 3. The molecule has 0 radical (unpaired) electrons. The molecule has 1 aliphatic heterocycles. The molecule has 2 aromatic heterocycles. The molecule has 0 saturated carbocycles. The van der Waals surface area contributed by atoms with Crippen molar-refractivity contribution in [3.63, 3.8) is 0 Å². The van der Waals surface area contributed by atoms with Gasteiger partial charge in [0, 0.05) is 72.7 Å². The van der Waals surface area contributed by atoms with E-state index in [4.69, 9.17) is 17.2 Å². The number of carbonyl (C=O) groups excluding carboxylic acids is 10. The number of benzene rings is 2. The fourth-order valence-corrected chi connectivity index (χ4v) is 9.45. The van der Waals surface area contributed by atoms with E-state index in [0.29, 0.717) is 29.7 Å². The van der Waals surface area contributed by atoms with Crippen molar-refractivity contribution in [3.05, 3.63) is 90.1 Å². The number of imidazole rings is 1. The number of aromatic amines is 2. The molecule has 30 heteroatoms. The number of aliphatic imine (C=N–C) groups is 1. The molecule has 11 amide bonds. The number of carboxylic acid groups (broad SMARTS) is 1. The number of unbranched alkanes of at least 4 members (excludes halogenated alkanes) is 1. The lowest BCUT2D eigenvalue weighted by atomic mass is 10.0. The molecule has 28 nitrogen and oxygen atoms in total. The van der Waals surface area contributed by atoms with Crippen LogP contribution in [0.2, 0.25) is 0 Å². The molecule has 2 aromatic carbocycles. The number of carbonyl (C=O) groups is 11. The second-order valence-corrected chi connectivity index (χ2v) is 20.4. The van der Waals surface area contributed by atoms with Gasteiger partial charge in [-0.25, -0.2) is 14.7 Å². The van der Waals surface area contributed by atoms with Crippen LogP contribution in [0, 0.1) is 0 Å². The molecule has 0 spiro atoms. The third kappa shape index (κ3) is 19.5. The second kappa shape index (κ2) is 32.1. The lowest BCUT2D eigenvalue weighted by Gasteiger charge is -2.28. The topological polar surface area (TPSA) is 442 Å². The predicted octanol–water partition coefficient (Wildman–Crippen LogP) is -1.93. The van der Waals surface area contributed by atoms with Gasteiger partial charge < -0.3 is 74.8 Å². The third-order valence-electron chi connectivity index (χ3n) is 13.4.